The Kier molecular flexibility index (Phi) is 3.54. The van der Waals surface area contributed by atoms with Gasteiger partial charge in [0, 0.05) is 13.7 Å². The van der Waals surface area contributed by atoms with E-state index in [0.717, 1.165) is 6.54 Å². The number of rotatable bonds is 4. The quantitative estimate of drug-likeness (QED) is 0.846. The summed E-state index contributed by atoms with van der Waals surface area (Å²) in [4.78, 5) is 0. The van der Waals surface area contributed by atoms with Crippen LogP contribution in [0.2, 0.25) is 0 Å². The van der Waals surface area contributed by atoms with Crippen molar-refractivity contribution in [3.8, 4) is 0 Å². The molecular formula is C14H17NO. The summed E-state index contributed by atoms with van der Waals surface area (Å²) in [5, 5.41) is 5.67. The minimum atomic E-state index is 0.120. The third-order valence-corrected chi connectivity index (χ3v) is 2.82. The largest absolute Gasteiger partial charge is 0.375 e. The van der Waals surface area contributed by atoms with Gasteiger partial charge in [0.25, 0.3) is 0 Å². The molecule has 0 bridgehead atoms. The van der Waals surface area contributed by atoms with Gasteiger partial charge in [0.1, 0.15) is 0 Å². The number of ether oxygens (including phenoxy) is 1. The van der Waals surface area contributed by atoms with Gasteiger partial charge in [-0.2, -0.15) is 0 Å². The summed E-state index contributed by atoms with van der Waals surface area (Å²) in [7, 11) is 3.68. The zero-order chi connectivity index (χ0) is 11.4. The van der Waals surface area contributed by atoms with Crippen LogP contribution in [0.25, 0.3) is 10.8 Å². The SMILES string of the molecule is CNC[C@@H](OC)c1ccc2ccccc2c1. The van der Waals surface area contributed by atoms with Crippen molar-refractivity contribution in [2.45, 2.75) is 6.10 Å². The maximum absolute atomic E-state index is 5.46. The molecule has 0 aliphatic rings. The molecule has 0 unspecified atom stereocenters. The maximum atomic E-state index is 5.46. The molecule has 2 nitrogen and oxygen atoms in total. The minimum absolute atomic E-state index is 0.120. The molecule has 16 heavy (non-hydrogen) atoms. The average molecular weight is 215 g/mol. The van der Waals surface area contributed by atoms with Crippen LogP contribution in [0.3, 0.4) is 0 Å². The number of hydrogen-bond acceptors (Lipinski definition) is 2. The van der Waals surface area contributed by atoms with Gasteiger partial charge >= 0.3 is 0 Å². The molecule has 1 atom stereocenters. The summed E-state index contributed by atoms with van der Waals surface area (Å²) < 4.78 is 5.46. The first-order chi connectivity index (χ1) is 7.85. The van der Waals surface area contributed by atoms with Crippen molar-refractivity contribution in [3.63, 3.8) is 0 Å². The van der Waals surface area contributed by atoms with Crippen LogP contribution < -0.4 is 5.32 Å². The van der Waals surface area contributed by atoms with E-state index in [4.69, 9.17) is 4.74 Å². The number of likely N-dealkylation sites (N-methyl/N-ethyl adjacent to an activating group) is 1. The molecular weight excluding hydrogens is 198 g/mol. The number of nitrogens with one attached hydrogen (secondary N) is 1. The van der Waals surface area contributed by atoms with Gasteiger partial charge in [0.05, 0.1) is 6.10 Å². The van der Waals surface area contributed by atoms with Crippen LogP contribution in [0.5, 0.6) is 0 Å². The number of hydrogen-bond donors (Lipinski definition) is 1. The standard InChI is InChI=1S/C14H17NO/c1-15-10-14(16-2)13-8-7-11-5-3-4-6-12(11)9-13/h3-9,14-15H,10H2,1-2H3/t14-/m1/s1. The van der Waals surface area contributed by atoms with E-state index in [1.165, 1.54) is 16.3 Å². The number of fused-ring (bicyclic) bond motifs is 1. The van der Waals surface area contributed by atoms with Crippen LogP contribution in [0.4, 0.5) is 0 Å². The lowest BCUT2D eigenvalue weighted by molar-refractivity contribution is 0.104. The fourth-order valence-corrected chi connectivity index (χ4v) is 1.93. The van der Waals surface area contributed by atoms with Gasteiger partial charge in [-0.05, 0) is 29.4 Å². The predicted molar refractivity (Wildman–Crippen MR) is 67.6 cm³/mol. The van der Waals surface area contributed by atoms with Gasteiger partial charge < -0.3 is 10.1 Å². The van der Waals surface area contributed by atoms with Crippen LogP contribution in [0.15, 0.2) is 42.5 Å². The Morgan fingerprint density at radius 1 is 1.12 bits per heavy atom. The Hall–Kier alpha value is -1.38. The van der Waals surface area contributed by atoms with Gasteiger partial charge in [-0.1, -0.05) is 36.4 Å². The van der Waals surface area contributed by atoms with Crippen LogP contribution in [0.1, 0.15) is 11.7 Å². The second-order valence-electron chi connectivity index (χ2n) is 3.89. The highest BCUT2D eigenvalue weighted by molar-refractivity contribution is 5.83. The highest BCUT2D eigenvalue weighted by Crippen LogP contribution is 2.21. The Bertz CT molecular complexity index is 467. The van der Waals surface area contributed by atoms with Crippen molar-refractivity contribution in [2.24, 2.45) is 0 Å². The molecule has 2 rings (SSSR count). The molecule has 0 amide bonds. The van der Waals surface area contributed by atoms with Crippen LogP contribution in [-0.2, 0) is 4.74 Å². The Morgan fingerprint density at radius 2 is 1.88 bits per heavy atom. The lowest BCUT2D eigenvalue weighted by atomic mass is 10.0. The van der Waals surface area contributed by atoms with E-state index in [2.05, 4.69) is 47.8 Å². The van der Waals surface area contributed by atoms with Crippen molar-refractivity contribution >= 4 is 10.8 Å². The molecule has 0 saturated carbocycles. The average Bonchev–Trinajstić information content (AvgIpc) is 2.35. The molecule has 0 aromatic heterocycles. The Balaban J connectivity index is 2.37. The van der Waals surface area contributed by atoms with E-state index in [-0.39, 0.29) is 6.10 Å². The Morgan fingerprint density at radius 3 is 2.56 bits per heavy atom. The molecule has 0 radical (unpaired) electrons. The van der Waals surface area contributed by atoms with Crippen LogP contribution in [0, 0.1) is 0 Å². The van der Waals surface area contributed by atoms with Gasteiger partial charge in [0.2, 0.25) is 0 Å². The lowest BCUT2D eigenvalue weighted by Gasteiger charge is -2.15. The molecule has 0 saturated heterocycles. The van der Waals surface area contributed by atoms with Crippen LogP contribution in [-0.4, -0.2) is 20.7 Å². The molecule has 0 aliphatic heterocycles. The molecule has 0 aliphatic carbocycles. The molecule has 2 heteroatoms. The predicted octanol–water partition coefficient (Wildman–Crippen LogP) is 2.75. The van der Waals surface area contributed by atoms with Crippen molar-refractivity contribution in [2.75, 3.05) is 20.7 Å². The topological polar surface area (TPSA) is 21.3 Å². The van der Waals surface area contributed by atoms with Crippen molar-refractivity contribution in [3.05, 3.63) is 48.0 Å². The van der Waals surface area contributed by atoms with E-state index < -0.39 is 0 Å². The highest BCUT2D eigenvalue weighted by atomic mass is 16.5. The second-order valence-corrected chi connectivity index (χ2v) is 3.89. The third kappa shape index (κ3) is 2.23. The zero-order valence-corrected chi connectivity index (χ0v) is 9.73. The van der Waals surface area contributed by atoms with Crippen molar-refractivity contribution < 1.29 is 4.74 Å². The number of methoxy groups -OCH3 is 1. The normalized spacial score (nSPS) is 12.9. The Labute approximate surface area is 96.2 Å². The van der Waals surface area contributed by atoms with Gasteiger partial charge in [0.15, 0.2) is 0 Å². The first kappa shape index (κ1) is 11.1. The van der Waals surface area contributed by atoms with E-state index >= 15 is 0 Å². The molecule has 1 N–H and O–H groups in total. The second kappa shape index (κ2) is 5.10. The molecule has 2 aromatic rings. The van der Waals surface area contributed by atoms with Gasteiger partial charge in [-0.15, -0.1) is 0 Å². The first-order valence-electron chi connectivity index (χ1n) is 5.51. The summed E-state index contributed by atoms with van der Waals surface area (Å²) in [5.41, 5.74) is 1.22. The summed E-state index contributed by atoms with van der Waals surface area (Å²) in [6, 6.07) is 14.8. The summed E-state index contributed by atoms with van der Waals surface area (Å²) in [6.45, 7) is 0.828. The summed E-state index contributed by atoms with van der Waals surface area (Å²) in [6.07, 6.45) is 0.120. The third-order valence-electron chi connectivity index (χ3n) is 2.82. The van der Waals surface area contributed by atoms with Crippen molar-refractivity contribution in [1.82, 2.24) is 5.32 Å². The van der Waals surface area contributed by atoms with Gasteiger partial charge in [-0.3, -0.25) is 0 Å². The molecule has 2 aromatic carbocycles. The highest BCUT2D eigenvalue weighted by Gasteiger charge is 2.09. The summed E-state index contributed by atoms with van der Waals surface area (Å²) >= 11 is 0. The fourth-order valence-electron chi connectivity index (χ4n) is 1.93. The molecule has 0 heterocycles. The fraction of sp³-hybridized carbons (Fsp3) is 0.286. The van der Waals surface area contributed by atoms with E-state index in [9.17, 15) is 0 Å². The zero-order valence-electron chi connectivity index (χ0n) is 9.73. The first-order valence-corrected chi connectivity index (χ1v) is 5.51. The molecule has 0 spiro atoms. The lowest BCUT2D eigenvalue weighted by Crippen LogP contribution is -2.18. The summed E-state index contributed by atoms with van der Waals surface area (Å²) in [5.74, 6) is 0. The minimum Gasteiger partial charge on any atom is -0.375 e. The van der Waals surface area contributed by atoms with E-state index in [0.29, 0.717) is 0 Å². The maximum Gasteiger partial charge on any atom is 0.0945 e. The molecule has 84 valence electrons. The number of benzene rings is 2. The van der Waals surface area contributed by atoms with Crippen molar-refractivity contribution in [1.29, 1.82) is 0 Å². The smallest absolute Gasteiger partial charge is 0.0945 e. The van der Waals surface area contributed by atoms with E-state index in [1.807, 2.05) is 7.05 Å². The van der Waals surface area contributed by atoms with E-state index in [1.54, 1.807) is 7.11 Å². The molecule has 0 fully saturated rings. The monoisotopic (exact) mass is 215 g/mol. The van der Waals surface area contributed by atoms with Crippen LogP contribution >= 0.6 is 0 Å². The van der Waals surface area contributed by atoms with Gasteiger partial charge in [-0.25, -0.2) is 0 Å².